The van der Waals surface area contributed by atoms with E-state index in [4.69, 9.17) is 4.74 Å². The maximum absolute atomic E-state index is 5.45. The average molecular weight is 239 g/mol. The Morgan fingerprint density at radius 3 is 2.53 bits per heavy atom. The zero-order chi connectivity index (χ0) is 12.0. The molecule has 4 unspecified atom stereocenters. The summed E-state index contributed by atoms with van der Waals surface area (Å²) in [5.74, 6) is 0.688. The van der Waals surface area contributed by atoms with Crippen LogP contribution in [0.5, 0.6) is 0 Å². The first-order valence-electron chi connectivity index (χ1n) is 6.39. The predicted molar refractivity (Wildman–Crippen MR) is 62.8 cm³/mol. The number of nitrogens with zero attached hydrogens (tertiary/aromatic N) is 5. The van der Waals surface area contributed by atoms with Crippen molar-refractivity contribution in [3.05, 3.63) is 0 Å². The van der Waals surface area contributed by atoms with E-state index in [1.165, 1.54) is 6.42 Å². The maximum Gasteiger partial charge on any atom is 0.128 e. The van der Waals surface area contributed by atoms with Gasteiger partial charge < -0.3 is 4.74 Å². The first kappa shape index (κ1) is 11.2. The molecule has 0 saturated carbocycles. The highest BCUT2D eigenvalue weighted by Gasteiger charge is 2.44. The second kappa shape index (κ2) is 4.10. The van der Waals surface area contributed by atoms with E-state index in [-0.39, 0.29) is 0 Å². The summed E-state index contributed by atoms with van der Waals surface area (Å²) in [5.41, 5.74) is 0. The molecule has 2 fully saturated rings. The van der Waals surface area contributed by atoms with Gasteiger partial charge in [-0.05, 0) is 32.0 Å². The van der Waals surface area contributed by atoms with Crippen LogP contribution < -0.4 is 0 Å². The van der Waals surface area contributed by atoms with Crippen molar-refractivity contribution >= 4 is 0 Å². The topological polar surface area (TPSA) is 47.0 Å². The molecule has 3 rings (SSSR count). The van der Waals surface area contributed by atoms with Gasteiger partial charge >= 0.3 is 0 Å². The fraction of sp³-hybridized carbons (Fsp3) is 1.00. The van der Waals surface area contributed by atoms with Gasteiger partial charge in [0.15, 0.2) is 0 Å². The second-order valence-electron chi connectivity index (χ2n) is 5.42. The van der Waals surface area contributed by atoms with Gasteiger partial charge in [0.1, 0.15) is 12.8 Å². The molecule has 3 aliphatic rings. The average Bonchev–Trinajstić information content (AvgIpc) is 3.05. The summed E-state index contributed by atoms with van der Waals surface area (Å²) in [6, 6.07) is 0.558. The number of rotatable bonds is 2. The molecule has 4 atom stereocenters. The number of epoxide rings is 1. The van der Waals surface area contributed by atoms with Crippen LogP contribution in [0.4, 0.5) is 0 Å². The molecule has 0 radical (unpaired) electrons. The minimum atomic E-state index is 0.383. The summed E-state index contributed by atoms with van der Waals surface area (Å²) >= 11 is 0. The normalized spacial score (nSPS) is 42.3. The van der Waals surface area contributed by atoms with Gasteiger partial charge in [-0.1, -0.05) is 5.22 Å². The molecule has 6 heteroatoms. The van der Waals surface area contributed by atoms with Gasteiger partial charge in [0.2, 0.25) is 0 Å². The van der Waals surface area contributed by atoms with E-state index in [1.807, 2.05) is 12.1 Å². The first-order valence-corrected chi connectivity index (χ1v) is 6.39. The molecule has 0 spiro atoms. The lowest BCUT2D eigenvalue weighted by atomic mass is 9.86. The Hall–Kier alpha value is -0.880. The van der Waals surface area contributed by atoms with Gasteiger partial charge in [0.25, 0.3) is 0 Å². The van der Waals surface area contributed by atoms with Crippen molar-refractivity contribution in [1.29, 1.82) is 0 Å². The van der Waals surface area contributed by atoms with E-state index in [9.17, 15) is 0 Å². The third kappa shape index (κ3) is 1.99. The Bertz CT molecular complexity index is 319. The summed E-state index contributed by atoms with van der Waals surface area (Å²) in [5, 5.41) is 12.2. The number of hydrogen-bond acceptors (Lipinski definition) is 6. The van der Waals surface area contributed by atoms with E-state index in [0.29, 0.717) is 24.2 Å². The standard InChI is InChI=1S/C11H21N5O/c1-8-9(10-6-17-10)4-5-11(15(8)3)16-7-14(2)12-13-16/h8-11H,4-7H2,1-3H3. The molecule has 0 N–H and O–H groups in total. The van der Waals surface area contributed by atoms with Gasteiger partial charge in [0.05, 0.1) is 12.7 Å². The lowest BCUT2D eigenvalue weighted by Crippen LogP contribution is -2.54. The Morgan fingerprint density at radius 1 is 1.18 bits per heavy atom. The summed E-state index contributed by atoms with van der Waals surface area (Å²) in [6.07, 6.45) is 3.28. The molecule has 2 saturated heterocycles. The van der Waals surface area contributed by atoms with Crippen LogP contribution in [0.1, 0.15) is 19.8 Å². The van der Waals surface area contributed by atoms with Crippen LogP contribution in [0.25, 0.3) is 0 Å². The monoisotopic (exact) mass is 239 g/mol. The molecule has 0 aromatic carbocycles. The van der Waals surface area contributed by atoms with Gasteiger partial charge in [-0.15, -0.1) is 0 Å². The summed E-state index contributed by atoms with van der Waals surface area (Å²) in [7, 11) is 4.15. The molecule has 0 aromatic heterocycles. The highest BCUT2D eigenvalue weighted by Crippen LogP contribution is 2.36. The van der Waals surface area contributed by atoms with Gasteiger partial charge in [-0.3, -0.25) is 9.91 Å². The molecular formula is C11H21N5O. The highest BCUT2D eigenvalue weighted by molar-refractivity contribution is 4.92. The zero-order valence-electron chi connectivity index (χ0n) is 10.8. The molecule has 0 amide bonds. The Kier molecular flexibility index (Phi) is 2.71. The lowest BCUT2D eigenvalue weighted by molar-refractivity contribution is -0.0311. The molecule has 3 aliphatic heterocycles. The molecule has 0 aliphatic carbocycles. The first-order chi connectivity index (χ1) is 8.16. The van der Waals surface area contributed by atoms with Crippen molar-refractivity contribution in [2.24, 2.45) is 16.4 Å². The number of piperidine rings is 1. The minimum absolute atomic E-state index is 0.383. The van der Waals surface area contributed by atoms with E-state index in [1.54, 1.807) is 0 Å². The Morgan fingerprint density at radius 2 is 1.94 bits per heavy atom. The third-order valence-electron chi connectivity index (χ3n) is 4.33. The molecule has 96 valence electrons. The molecule has 3 heterocycles. The number of ether oxygens (including phenoxy) is 1. The van der Waals surface area contributed by atoms with Crippen molar-refractivity contribution in [2.75, 3.05) is 27.4 Å². The van der Waals surface area contributed by atoms with Gasteiger partial charge in [-0.2, -0.15) is 0 Å². The van der Waals surface area contributed by atoms with E-state index in [2.05, 4.69) is 34.3 Å². The SMILES string of the molecule is CC1C(C2CO2)CCC(N2CN(C)N=N2)N1C. The van der Waals surface area contributed by atoms with Crippen LogP contribution in [-0.2, 0) is 4.74 Å². The smallest absolute Gasteiger partial charge is 0.128 e. The zero-order valence-corrected chi connectivity index (χ0v) is 10.8. The Labute approximate surface area is 102 Å². The van der Waals surface area contributed by atoms with Crippen molar-refractivity contribution in [3.8, 4) is 0 Å². The summed E-state index contributed by atoms with van der Waals surface area (Å²) in [6.45, 7) is 4.06. The van der Waals surface area contributed by atoms with Crippen LogP contribution in [0.15, 0.2) is 10.4 Å². The summed E-state index contributed by atoms with van der Waals surface area (Å²) < 4.78 is 5.45. The fourth-order valence-electron chi connectivity index (χ4n) is 3.06. The van der Waals surface area contributed by atoms with Gasteiger partial charge in [0, 0.05) is 19.0 Å². The van der Waals surface area contributed by atoms with Crippen molar-refractivity contribution in [3.63, 3.8) is 0 Å². The van der Waals surface area contributed by atoms with Crippen LogP contribution in [-0.4, -0.2) is 60.6 Å². The quantitative estimate of drug-likeness (QED) is 0.673. The van der Waals surface area contributed by atoms with Gasteiger partial charge in [-0.25, -0.2) is 5.01 Å². The summed E-state index contributed by atoms with van der Waals surface area (Å²) in [4.78, 5) is 2.42. The lowest BCUT2D eigenvalue weighted by Gasteiger charge is -2.44. The van der Waals surface area contributed by atoms with Crippen LogP contribution in [0.3, 0.4) is 0 Å². The predicted octanol–water partition coefficient (Wildman–Crippen LogP) is 0.929. The molecule has 17 heavy (non-hydrogen) atoms. The molecule has 0 aromatic rings. The fourth-order valence-corrected chi connectivity index (χ4v) is 3.06. The highest BCUT2D eigenvalue weighted by atomic mass is 16.6. The van der Waals surface area contributed by atoms with Crippen molar-refractivity contribution in [1.82, 2.24) is 14.9 Å². The minimum Gasteiger partial charge on any atom is -0.373 e. The van der Waals surface area contributed by atoms with Crippen LogP contribution in [0.2, 0.25) is 0 Å². The van der Waals surface area contributed by atoms with Crippen LogP contribution in [0, 0.1) is 5.92 Å². The largest absolute Gasteiger partial charge is 0.373 e. The van der Waals surface area contributed by atoms with Crippen molar-refractivity contribution < 1.29 is 4.74 Å². The molecular weight excluding hydrogens is 218 g/mol. The van der Waals surface area contributed by atoms with E-state index >= 15 is 0 Å². The third-order valence-corrected chi connectivity index (χ3v) is 4.33. The Balaban J connectivity index is 1.65. The maximum atomic E-state index is 5.45. The molecule has 6 nitrogen and oxygen atoms in total. The number of hydrogen-bond donors (Lipinski definition) is 0. The van der Waals surface area contributed by atoms with Crippen LogP contribution >= 0.6 is 0 Å². The van der Waals surface area contributed by atoms with Crippen molar-refractivity contribution in [2.45, 2.75) is 38.1 Å². The molecule has 0 bridgehead atoms. The van der Waals surface area contributed by atoms with E-state index < -0.39 is 0 Å². The van der Waals surface area contributed by atoms with E-state index in [0.717, 1.165) is 19.7 Å². The number of likely N-dealkylation sites (tertiary alicyclic amines) is 1. The second-order valence-corrected chi connectivity index (χ2v) is 5.42.